The minimum atomic E-state index is -0.319. The maximum absolute atomic E-state index is 9.92. The molecule has 1 rings (SSSR count). The Hall–Kier alpha value is 0.650. The predicted molar refractivity (Wildman–Crippen MR) is 51.5 cm³/mol. The number of hydrogen-bond donors (Lipinski definition) is 1. The zero-order valence-corrected chi connectivity index (χ0v) is 7.43. The fourth-order valence-corrected chi connectivity index (χ4v) is 1.01. The zero-order valence-electron chi connectivity index (χ0n) is 4.95. The molecular weight excluding hydrogens is 239 g/mol. The van der Waals surface area contributed by atoms with Crippen molar-refractivity contribution in [2.45, 2.75) is 0 Å². The summed E-state index contributed by atoms with van der Waals surface area (Å²) in [6.07, 6.45) is 0. The summed E-state index contributed by atoms with van der Waals surface area (Å²) in [5, 5.41) is 0. The van der Waals surface area contributed by atoms with E-state index in [2.05, 4.69) is 20.1 Å². The summed E-state index contributed by atoms with van der Waals surface area (Å²) in [7, 11) is 0. The SMILES string of the molecule is O=[SH]Oc1ccc(Br)cc1.[NaH]. The van der Waals surface area contributed by atoms with Gasteiger partial charge in [-0.2, -0.15) is 0 Å². The van der Waals surface area contributed by atoms with Gasteiger partial charge in [-0.25, -0.2) is 4.21 Å². The van der Waals surface area contributed by atoms with E-state index in [0.717, 1.165) is 4.47 Å². The van der Waals surface area contributed by atoms with Gasteiger partial charge < -0.3 is 4.18 Å². The first kappa shape index (κ1) is 11.6. The summed E-state index contributed by atoms with van der Waals surface area (Å²) in [6, 6.07) is 7.10. The quantitative estimate of drug-likeness (QED) is 0.622. The topological polar surface area (TPSA) is 26.3 Å². The Labute approximate surface area is 99.4 Å². The standard InChI is InChI=1S/C6H5BrO2S.Na.H/c7-5-1-3-6(4-2-5)9-10-8;;/h1-4,10H;;. The van der Waals surface area contributed by atoms with Crippen LogP contribution in [0.4, 0.5) is 0 Å². The first-order valence-corrected chi connectivity index (χ1v) is 4.10. The molecule has 0 aliphatic heterocycles. The van der Waals surface area contributed by atoms with E-state index in [0.29, 0.717) is 5.75 Å². The van der Waals surface area contributed by atoms with Crippen LogP contribution in [0.15, 0.2) is 28.7 Å². The van der Waals surface area contributed by atoms with Crippen LogP contribution in [-0.2, 0) is 11.9 Å². The summed E-state index contributed by atoms with van der Waals surface area (Å²) in [5.41, 5.74) is 0. The van der Waals surface area contributed by atoms with E-state index in [9.17, 15) is 4.21 Å². The minimum absolute atomic E-state index is 0. The number of halogens is 1. The van der Waals surface area contributed by atoms with Crippen LogP contribution in [0.25, 0.3) is 0 Å². The summed E-state index contributed by atoms with van der Waals surface area (Å²) in [4.78, 5) is 0. The van der Waals surface area contributed by atoms with Gasteiger partial charge in [-0.15, -0.1) is 0 Å². The number of rotatable bonds is 2. The Morgan fingerprint density at radius 1 is 1.27 bits per heavy atom. The van der Waals surface area contributed by atoms with Gasteiger partial charge in [0.1, 0.15) is 5.75 Å². The van der Waals surface area contributed by atoms with Gasteiger partial charge in [-0.3, -0.25) is 0 Å². The van der Waals surface area contributed by atoms with Crippen molar-refractivity contribution < 1.29 is 8.39 Å². The van der Waals surface area contributed by atoms with Crippen LogP contribution in [0.3, 0.4) is 0 Å². The molecule has 0 saturated carbocycles. The average molecular weight is 245 g/mol. The molecule has 5 heteroatoms. The summed E-state index contributed by atoms with van der Waals surface area (Å²) in [6.45, 7) is 0. The monoisotopic (exact) mass is 244 g/mol. The molecule has 56 valence electrons. The molecule has 0 N–H and O–H groups in total. The Bertz CT molecular complexity index is 227. The Morgan fingerprint density at radius 2 is 1.82 bits per heavy atom. The van der Waals surface area contributed by atoms with E-state index in [1.165, 1.54) is 0 Å². The van der Waals surface area contributed by atoms with Crippen LogP contribution in [0, 0.1) is 0 Å². The average Bonchev–Trinajstić information content (AvgIpc) is 1.95. The maximum atomic E-state index is 9.92. The van der Waals surface area contributed by atoms with E-state index in [4.69, 9.17) is 0 Å². The molecule has 0 aliphatic rings. The van der Waals surface area contributed by atoms with Crippen molar-refractivity contribution in [1.29, 1.82) is 0 Å². The molecule has 1 aromatic carbocycles. The van der Waals surface area contributed by atoms with E-state index in [-0.39, 0.29) is 41.5 Å². The van der Waals surface area contributed by atoms with Crippen molar-refractivity contribution in [2.75, 3.05) is 0 Å². The third-order valence-corrected chi connectivity index (χ3v) is 1.77. The predicted octanol–water partition coefficient (Wildman–Crippen LogP) is 1.04. The molecule has 1 aromatic rings. The van der Waals surface area contributed by atoms with Gasteiger partial charge in [-0.1, -0.05) is 15.9 Å². The molecule has 0 saturated heterocycles. The number of benzene rings is 1. The van der Waals surface area contributed by atoms with Crippen LogP contribution in [0.2, 0.25) is 0 Å². The Morgan fingerprint density at radius 3 is 2.27 bits per heavy atom. The van der Waals surface area contributed by atoms with Gasteiger partial charge >= 0.3 is 29.6 Å². The molecule has 0 atom stereocenters. The first-order chi connectivity index (χ1) is 4.83. The molecule has 0 fully saturated rings. The first-order valence-electron chi connectivity index (χ1n) is 2.58. The second-order valence-corrected chi connectivity index (χ2v) is 2.87. The molecule has 0 bridgehead atoms. The molecule has 0 unspecified atom stereocenters. The fourth-order valence-electron chi connectivity index (χ4n) is 0.538. The van der Waals surface area contributed by atoms with Crippen molar-refractivity contribution >= 4 is 57.4 Å². The van der Waals surface area contributed by atoms with Crippen LogP contribution in [0.1, 0.15) is 0 Å². The van der Waals surface area contributed by atoms with Crippen molar-refractivity contribution in [1.82, 2.24) is 0 Å². The van der Waals surface area contributed by atoms with E-state index in [1.807, 2.05) is 12.1 Å². The van der Waals surface area contributed by atoms with E-state index < -0.39 is 0 Å². The van der Waals surface area contributed by atoms with Crippen LogP contribution in [0.5, 0.6) is 5.75 Å². The molecule has 11 heavy (non-hydrogen) atoms. The van der Waals surface area contributed by atoms with Gasteiger partial charge in [0.25, 0.3) is 0 Å². The van der Waals surface area contributed by atoms with E-state index >= 15 is 0 Å². The number of thiol groups is 1. The van der Waals surface area contributed by atoms with Crippen LogP contribution < -0.4 is 4.18 Å². The van der Waals surface area contributed by atoms with Gasteiger partial charge in [0.15, 0.2) is 11.9 Å². The van der Waals surface area contributed by atoms with Gasteiger partial charge in [-0.05, 0) is 24.3 Å². The molecule has 0 spiro atoms. The van der Waals surface area contributed by atoms with Gasteiger partial charge in [0.05, 0.1) is 0 Å². The van der Waals surface area contributed by atoms with Crippen molar-refractivity contribution in [2.24, 2.45) is 0 Å². The third kappa shape index (κ3) is 4.28. The third-order valence-electron chi connectivity index (χ3n) is 0.956. The molecular formula is C6H6BrNaO2S. The van der Waals surface area contributed by atoms with Gasteiger partial charge in [0.2, 0.25) is 0 Å². The Balaban J connectivity index is 0.000001000. The zero-order chi connectivity index (χ0) is 7.40. The van der Waals surface area contributed by atoms with Crippen LogP contribution >= 0.6 is 15.9 Å². The second-order valence-electron chi connectivity index (χ2n) is 1.62. The Kier molecular flexibility index (Phi) is 6.56. The van der Waals surface area contributed by atoms with Crippen molar-refractivity contribution in [3.8, 4) is 5.75 Å². The molecule has 0 radical (unpaired) electrons. The normalized spacial score (nSPS) is 8.45. The summed E-state index contributed by atoms with van der Waals surface area (Å²) in [5.74, 6) is 0.597. The summed E-state index contributed by atoms with van der Waals surface area (Å²) >= 11 is 2.94. The van der Waals surface area contributed by atoms with Crippen LogP contribution in [-0.4, -0.2) is 33.8 Å². The molecule has 0 aromatic heterocycles. The van der Waals surface area contributed by atoms with Crippen molar-refractivity contribution in [3.05, 3.63) is 28.7 Å². The molecule has 0 heterocycles. The van der Waals surface area contributed by atoms with Crippen molar-refractivity contribution in [3.63, 3.8) is 0 Å². The summed E-state index contributed by atoms with van der Waals surface area (Å²) < 4.78 is 15.6. The molecule has 0 aliphatic carbocycles. The molecule has 2 nitrogen and oxygen atoms in total. The number of hydrogen-bond acceptors (Lipinski definition) is 2. The van der Waals surface area contributed by atoms with Gasteiger partial charge in [0, 0.05) is 4.47 Å². The van der Waals surface area contributed by atoms with E-state index in [1.54, 1.807) is 12.1 Å². The molecule has 0 amide bonds. The fraction of sp³-hybridized carbons (Fsp3) is 0. The second kappa shape index (κ2) is 6.20.